The second-order valence-electron chi connectivity index (χ2n) is 2.64. The summed E-state index contributed by atoms with van der Waals surface area (Å²) in [7, 11) is 0. The molecule has 0 rings (SSSR count). The van der Waals surface area contributed by atoms with E-state index in [1.54, 1.807) is 6.42 Å². The number of carbonyl (C=O) groups excluding carboxylic acids is 1. The zero-order valence-corrected chi connectivity index (χ0v) is 6.89. The average Bonchev–Trinajstić information content (AvgIpc) is 1.85. The average molecular weight is 143 g/mol. The molecular formula is C8H15O2. The van der Waals surface area contributed by atoms with Gasteiger partial charge in [0.1, 0.15) is 0 Å². The lowest BCUT2D eigenvalue weighted by Crippen LogP contribution is -2.09. The largest absolute Gasteiger partial charge is 0.465 e. The summed E-state index contributed by atoms with van der Waals surface area (Å²) in [6, 6.07) is 0. The van der Waals surface area contributed by atoms with Crippen molar-refractivity contribution in [1.82, 2.24) is 0 Å². The zero-order chi connectivity index (χ0) is 7.98. The van der Waals surface area contributed by atoms with Crippen molar-refractivity contribution in [3.05, 3.63) is 6.42 Å². The first-order chi connectivity index (χ1) is 4.66. The first-order valence-corrected chi connectivity index (χ1v) is 3.66. The Balaban J connectivity index is 3.22. The molecule has 0 fully saturated rings. The van der Waals surface area contributed by atoms with Crippen LogP contribution < -0.4 is 0 Å². The molecule has 0 saturated carbocycles. The van der Waals surface area contributed by atoms with Crippen LogP contribution in [0.4, 0.5) is 0 Å². The fraction of sp³-hybridized carbons (Fsp3) is 0.750. The molecule has 10 heavy (non-hydrogen) atoms. The van der Waals surface area contributed by atoms with E-state index in [9.17, 15) is 4.79 Å². The van der Waals surface area contributed by atoms with Crippen LogP contribution in [-0.2, 0) is 9.53 Å². The van der Waals surface area contributed by atoms with Crippen LogP contribution in [0.1, 0.15) is 27.2 Å². The predicted octanol–water partition coefficient (Wildman–Crippen LogP) is 1.80. The van der Waals surface area contributed by atoms with Crippen LogP contribution in [0.25, 0.3) is 0 Å². The van der Waals surface area contributed by atoms with Gasteiger partial charge in [0.25, 0.3) is 0 Å². The maximum absolute atomic E-state index is 10.7. The molecule has 2 nitrogen and oxygen atoms in total. The summed E-state index contributed by atoms with van der Waals surface area (Å²) in [5.74, 6) is 0.227. The second kappa shape index (κ2) is 5.27. The molecule has 0 spiro atoms. The summed E-state index contributed by atoms with van der Waals surface area (Å²) in [4.78, 5) is 10.7. The van der Waals surface area contributed by atoms with E-state index in [1.165, 1.54) is 0 Å². The van der Waals surface area contributed by atoms with Gasteiger partial charge >= 0.3 is 5.97 Å². The molecule has 0 aromatic carbocycles. The number of hydrogen-bond acceptors (Lipinski definition) is 2. The molecule has 0 unspecified atom stereocenters. The van der Waals surface area contributed by atoms with Gasteiger partial charge in [0.15, 0.2) is 0 Å². The maximum Gasteiger partial charge on any atom is 0.309 e. The Labute approximate surface area is 62.6 Å². The minimum absolute atomic E-state index is 0.198. The Morgan fingerprint density at radius 2 is 2.20 bits per heavy atom. The summed E-state index contributed by atoms with van der Waals surface area (Å²) in [5, 5.41) is 0. The Morgan fingerprint density at radius 3 is 2.60 bits per heavy atom. The van der Waals surface area contributed by atoms with E-state index in [-0.39, 0.29) is 5.97 Å². The van der Waals surface area contributed by atoms with Crippen LogP contribution in [0.3, 0.4) is 0 Å². The quantitative estimate of drug-likeness (QED) is 0.561. The molecule has 0 aliphatic rings. The standard InChI is InChI=1S/C8H15O2/c1-4-5-8(9)10-6-7(2)3/h5,7H,4,6H2,1-3H3. The van der Waals surface area contributed by atoms with Crippen LogP contribution in [0.2, 0.25) is 0 Å². The molecule has 0 amide bonds. The molecule has 0 aliphatic heterocycles. The van der Waals surface area contributed by atoms with Gasteiger partial charge in [-0.25, -0.2) is 0 Å². The summed E-state index contributed by atoms with van der Waals surface area (Å²) in [5.41, 5.74) is 0. The number of hydrogen-bond donors (Lipinski definition) is 0. The van der Waals surface area contributed by atoms with Gasteiger partial charge in [0, 0.05) is 0 Å². The minimum Gasteiger partial charge on any atom is -0.465 e. The molecule has 0 aliphatic carbocycles. The van der Waals surface area contributed by atoms with Crippen molar-refractivity contribution in [2.75, 3.05) is 6.61 Å². The van der Waals surface area contributed by atoms with Crippen LogP contribution in [-0.4, -0.2) is 12.6 Å². The Hall–Kier alpha value is -0.530. The fourth-order valence-electron chi connectivity index (χ4n) is 0.474. The molecule has 0 aromatic heterocycles. The van der Waals surface area contributed by atoms with E-state index in [0.717, 1.165) is 6.42 Å². The lowest BCUT2D eigenvalue weighted by Gasteiger charge is -2.04. The lowest BCUT2D eigenvalue weighted by atomic mass is 10.2. The van der Waals surface area contributed by atoms with Crippen LogP contribution in [0.5, 0.6) is 0 Å². The van der Waals surface area contributed by atoms with Crippen molar-refractivity contribution in [2.45, 2.75) is 27.2 Å². The minimum atomic E-state index is -0.198. The van der Waals surface area contributed by atoms with E-state index >= 15 is 0 Å². The van der Waals surface area contributed by atoms with E-state index < -0.39 is 0 Å². The van der Waals surface area contributed by atoms with Gasteiger partial charge in [0.05, 0.1) is 13.0 Å². The maximum atomic E-state index is 10.7. The SMILES string of the molecule is CC[CH]C(=O)OCC(C)C. The summed E-state index contributed by atoms with van der Waals surface area (Å²) in [6.07, 6.45) is 2.29. The third kappa shape index (κ3) is 5.60. The van der Waals surface area contributed by atoms with E-state index in [0.29, 0.717) is 12.5 Å². The van der Waals surface area contributed by atoms with Gasteiger partial charge in [-0.1, -0.05) is 20.8 Å². The molecule has 0 bridgehead atoms. The Morgan fingerprint density at radius 1 is 1.60 bits per heavy atom. The number of carbonyl (C=O) groups is 1. The fourth-order valence-corrected chi connectivity index (χ4v) is 0.474. The lowest BCUT2D eigenvalue weighted by molar-refractivity contribution is -0.140. The van der Waals surface area contributed by atoms with Gasteiger partial charge in [0.2, 0.25) is 0 Å². The number of ether oxygens (including phenoxy) is 1. The van der Waals surface area contributed by atoms with E-state index in [2.05, 4.69) is 0 Å². The normalized spacial score (nSPS) is 10.0. The highest BCUT2D eigenvalue weighted by molar-refractivity contribution is 5.78. The van der Waals surface area contributed by atoms with Crippen molar-refractivity contribution < 1.29 is 9.53 Å². The van der Waals surface area contributed by atoms with Crippen molar-refractivity contribution in [3.63, 3.8) is 0 Å². The predicted molar refractivity (Wildman–Crippen MR) is 40.4 cm³/mol. The highest BCUT2D eigenvalue weighted by Crippen LogP contribution is 1.95. The molecule has 0 heterocycles. The Bertz CT molecular complexity index is 97.4. The molecule has 59 valence electrons. The van der Waals surface area contributed by atoms with Gasteiger partial charge in [-0.3, -0.25) is 4.79 Å². The van der Waals surface area contributed by atoms with Crippen LogP contribution in [0, 0.1) is 12.3 Å². The summed E-state index contributed by atoms with van der Waals surface area (Å²) < 4.78 is 4.85. The zero-order valence-electron chi connectivity index (χ0n) is 6.89. The molecule has 0 aromatic rings. The first kappa shape index (κ1) is 9.47. The highest BCUT2D eigenvalue weighted by atomic mass is 16.5. The number of esters is 1. The molecular weight excluding hydrogens is 128 g/mol. The van der Waals surface area contributed by atoms with Crippen LogP contribution in [0.15, 0.2) is 0 Å². The molecule has 2 heteroatoms. The first-order valence-electron chi connectivity index (χ1n) is 3.66. The Kier molecular flexibility index (Phi) is 4.99. The second-order valence-corrected chi connectivity index (χ2v) is 2.64. The van der Waals surface area contributed by atoms with Crippen molar-refractivity contribution in [1.29, 1.82) is 0 Å². The molecule has 0 atom stereocenters. The summed E-state index contributed by atoms with van der Waals surface area (Å²) in [6.45, 7) is 6.46. The van der Waals surface area contributed by atoms with Crippen molar-refractivity contribution in [3.8, 4) is 0 Å². The van der Waals surface area contributed by atoms with Crippen LogP contribution >= 0.6 is 0 Å². The van der Waals surface area contributed by atoms with Gasteiger partial charge in [-0.05, 0) is 12.3 Å². The topological polar surface area (TPSA) is 26.3 Å². The van der Waals surface area contributed by atoms with Crippen molar-refractivity contribution in [2.24, 2.45) is 5.92 Å². The van der Waals surface area contributed by atoms with Gasteiger partial charge < -0.3 is 4.74 Å². The molecule has 0 saturated heterocycles. The number of rotatable bonds is 4. The smallest absolute Gasteiger partial charge is 0.309 e. The monoisotopic (exact) mass is 143 g/mol. The molecule has 1 radical (unpaired) electrons. The van der Waals surface area contributed by atoms with E-state index in [1.807, 2.05) is 20.8 Å². The van der Waals surface area contributed by atoms with Gasteiger partial charge in [-0.2, -0.15) is 0 Å². The van der Waals surface area contributed by atoms with Crippen molar-refractivity contribution >= 4 is 5.97 Å². The van der Waals surface area contributed by atoms with Gasteiger partial charge in [-0.15, -0.1) is 0 Å². The third-order valence-electron chi connectivity index (χ3n) is 0.930. The third-order valence-corrected chi connectivity index (χ3v) is 0.930. The molecule has 0 N–H and O–H groups in total. The van der Waals surface area contributed by atoms with E-state index in [4.69, 9.17) is 4.74 Å². The summed E-state index contributed by atoms with van der Waals surface area (Å²) >= 11 is 0. The highest BCUT2D eigenvalue weighted by Gasteiger charge is 2.01.